The molecule has 0 radical (unpaired) electrons. The van der Waals surface area contributed by atoms with Crippen LogP contribution in [0.25, 0.3) is 0 Å². The van der Waals surface area contributed by atoms with E-state index in [1.165, 1.54) is 12.1 Å². The summed E-state index contributed by atoms with van der Waals surface area (Å²) in [4.78, 5) is 16.3. The third kappa shape index (κ3) is 6.07. The van der Waals surface area contributed by atoms with Crippen LogP contribution < -0.4 is 10.1 Å². The van der Waals surface area contributed by atoms with Crippen LogP contribution in [-0.4, -0.2) is 17.4 Å². The second-order valence-corrected chi connectivity index (χ2v) is 6.38. The van der Waals surface area contributed by atoms with Crippen LogP contribution >= 0.6 is 0 Å². The number of pyridine rings is 1. The number of rotatable bonds is 7. The van der Waals surface area contributed by atoms with Gasteiger partial charge in [-0.15, -0.1) is 0 Å². The van der Waals surface area contributed by atoms with Gasteiger partial charge in [0.05, 0.1) is 5.56 Å². The van der Waals surface area contributed by atoms with Crippen molar-refractivity contribution in [3.63, 3.8) is 0 Å². The maximum atomic E-state index is 12.6. The molecule has 7 heteroatoms. The van der Waals surface area contributed by atoms with Crippen LogP contribution in [0.1, 0.15) is 27.0 Å². The van der Waals surface area contributed by atoms with Crippen LogP contribution in [0.4, 0.5) is 13.2 Å². The number of halogens is 3. The predicted octanol–water partition coefficient (Wildman–Crippen LogP) is 4.65. The fourth-order valence-corrected chi connectivity index (χ4v) is 2.66. The molecule has 2 aromatic carbocycles. The second kappa shape index (κ2) is 9.23. The zero-order valence-electron chi connectivity index (χ0n) is 15.4. The topological polar surface area (TPSA) is 51.2 Å². The van der Waals surface area contributed by atoms with Crippen molar-refractivity contribution in [1.82, 2.24) is 10.3 Å². The van der Waals surface area contributed by atoms with E-state index in [0.717, 1.165) is 17.7 Å². The lowest BCUT2D eigenvalue weighted by Gasteiger charge is -2.10. The summed E-state index contributed by atoms with van der Waals surface area (Å²) in [5, 5.41) is 2.77. The zero-order chi connectivity index (χ0) is 20.7. The number of carbonyl (C=O) groups excluding carboxylic acids is 1. The van der Waals surface area contributed by atoms with Gasteiger partial charge in [0.25, 0.3) is 5.91 Å². The van der Waals surface area contributed by atoms with Crippen molar-refractivity contribution >= 4 is 5.91 Å². The molecule has 0 unspecified atom stereocenters. The van der Waals surface area contributed by atoms with Gasteiger partial charge in [0, 0.05) is 30.1 Å². The molecule has 0 atom stereocenters. The van der Waals surface area contributed by atoms with Crippen molar-refractivity contribution in [2.75, 3.05) is 6.54 Å². The molecule has 0 aliphatic heterocycles. The highest BCUT2D eigenvalue weighted by Gasteiger charge is 2.29. The number of carbonyl (C=O) groups is 1. The number of ether oxygens (including phenoxy) is 1. The van der Waals surface area contributed by atoms with Crippen molar-refractivity contribution in [2.45, 2.75) is 19.2 Å². The van der Waals surface area contributed by atoms with Gasteiger partial charge < -0.3 is 10.1 Å². The summed E-state index contributed by atoms with van der Waals surface area (Å²) < 4.78 is 43.4. The standard InChI is InChI=1S/C22H19F3N2O2/c23-22(24,25)19-8-6-16(7-9-19)10-12-27-21(28)18-4-1-5-20(13-18)29-15-17-3-2-11-26-14-17/h1-9,11,13-14H,10,12,15H2,(H,27,28). The molecular weight excluding hydrogens is 381 g/mol. The van der Waals surface area contributed by atoms with E-state index in [9.17, 15) is 18.0 Å². The van der Waals surface area contributed by atoms with Gasteiger partial charge >= 0.3 is 6.18 Å². The van der Waals surface area contributed by atoms with Crippen molar-refractivity contribution in [2.24, 2.45) is 0 Å². The van der Waals surface area contributed by atoms with Crippen molar-refractivity contribution < 1.29 is 22.7 Å². The highest BCUT2D eigenvalue weighted by atomic mass is 19.4. The lowest BCUT2D eigenvalue weighted by molar-refractivity contribution is -0.137. The Kier molecular flexibility index (Phi) is 6.49. The highest BCUT2D eigenvalue weighted by molar-refractivity contribution is 5.94. The molecule has 0 saturated carbocycles. The van der Waals surface area contributed by atoms with E-state index in [0.29, 0.717) is 36.4 Å². The fraction of sp³-hybridized carbons (Fsp3) is 0.182. The van der Waals surface area contributed by atoms with E-state index in [1.807, 2.05) is 12.1 Å². The van der Waals surface area contributed by atoms with Gasteiger partial charge in [-0.2, -0.15) is 13.2 Å². The van der Waals surface area contributed by atoms with Crippen LogP contribution in [0.15, 0.2) is 73.1 Å². The van der Waals surface area contributed by atoms with E-state index < -0.39 is 11.7 Å². The summed E-state index contributed by atoms with van der Waals surface area (Å²) in [5.41, 5.74) is 1.39. The number of nitrogens with zero attached hydrogens (tertiary/aromatic N) is 1. The van der Waals surface area contributed by atoms with Gasteiger partial charge in [0.1, 0.15) is 12.4 Å². The first-order valence-corrected chi connectivity index (χ1v) is 8.98. The molecule has 1 amide bonds. The molecule has 3 rings (SSSR count). The molecule has 0 aliphatic rings. The van der Waals surface area contributed by atoms with Crippen LogP contribution in [-0.2, 0) is 19.2 Å². The summed E-state index contributed by atoms with van der Waals surface area (Å²) >= 11 is 0. The molecule has 29 heavy (non-hydrogen) atoms. The maximum Gasteiger partial charge on any atom is 0.416 e. The summed E-state index contributed by atoms with van der Waals surface area (Å²) in [5.74, 6) is 0.285. The van der Waals surface area contributed by atoms with Gasteiger partial charge in [-0.3, -0.25) is 9.78 Å². The summed E-state index contributed by atoms with van der Waals surface area (Å²) in [7, 11) is 0. The normalized spacial score (nSPS) is 11.1. The molecule has 4 nitrogen and oxygen atoms in total. The van der Waals surface area contributed by atoms with Gasteiger partial charge in [0.2, 0.25) is 0 Å². The Morgan fingerprint density at radius 1 is 1.00 bits per heavy atom. The minimum absolute atomic E-state index is 0.274. The average Bonchev–Trinajstić information content (AvgIpc) is 2.73. The van der Waals surface area contributed by atoms with E-state index in [-0.39, 0.29) is 5.91 Å². The largest absolute Gasteiger partial charge is 0.489 e. The van der Waals surface area contributed by atoms with Gasteiger partial charge in [-0.1, -0.05) is 24.3 Å². The Morgan fingerprint density at radius 3 is 2.48 bits per heavy atom. The molecule has 1 heterocycles. The third-order valence-corrected chi connectivity index (χ3v) is 4.21. The average molecular weight is 400 g/mol. The van der Waals surface area contributed by atoms with Crippen molar-refractivity contribution in [3.05, 3.63) is 95.3 Å². The molecule has 0 aliphatic carbocycles. The number of hydrogen-bond acceptors (Lipinski definition) is 3. The van der Waals surface area contributed by atoms with Crippen LogP contribution in [0.3, 0.4) is 0 Å². The summed E-state index contributed by atoms with van der Waals surface area (Å²) in [6.07, 6.45) is -0.533. The first-order valence-electron chi connectivity index (χ1n) is 8.98. The van der Waals surface area contributed by atoms with Crippen LogP contribution in [0.5, 0.6) is 5.75 Å². The minimum atomic E-state index is -4.35. The SMILES string of the molecule is O=C(NCCc1ccc(C(F)(F)F)cc1)c1cccc(OCc2cccnc2)c1. The zero-order valence-corrected chi connectivity index (χ0v) is 15.4. The smallest absolute Gasteiger partial charge is 0.416 e. The highest BCUT2D eigenvalue weighted by Crippen LogP contribution is 2.29. The van der Waals surface area contributed by atoms with Crippen LogP contribution in [0, 0.1) is 0 Å². The molecular formula is C22H19F3N2O2. The molecule has 1 N–H and O–H groups in total. The maximum absolute atomic E-state index is 12.6. The van der Waals surface area contributed by atoms with Gasteiger partial charge in [-0.25, -0.2) is 0 Å². The van der Waals surface area contributed by atoms with Crippen molar-refractivity contribution in [3.8, 4) is 5.75 Å². The summed E-state index contributed by atoms with van der Waals surface area (Å²) in [6, 6.07) is 15.4. The first kappa shape index (κ1) is 20.4. The Morgan fingerprint density at radius 2 is 1.79 bits per heavy atom. The van der Waals surface area contributed by atoms with Gasteiger partial charge in [-0.05, 0) is 48.4 Å². The Hall–Kier alpha value is -3.35. The van der Waals surface area contributed by atoms with E-state index in [4.69, 9.17) is 4.74 Å². The van der Waals surface area contributed by atoms with E-state index >= 15 is 0 Å². The molecule has 0 bridgehead atoms. The fourth-order valence-electron chi connectivity index (χ4n) is 2.66. The number of aromatic nitrogens is 1. The number of hydrogen-bond donors (Lipinski definition) is 1. The van der Waals surface area contributed by atoms with E-state index in [2.05, 4.69) is 10.3 Å². The first-order chi connectivity index (χ1) is 13.9. The Labute approximate surface area is 166 Å². The molecule has 150 valence electrons. The number of amides is 1. The number of nitrogens with one attached hydrogen (secondary N) is 1. The minimum Gasteiger partial charge on any atom is -0.489 e. The van der Waals surface area contributed by atoms with E-state index in [1.54, 1.807) is 36.7 Å². The molecule has 0 spiro atoms. The third-order valence-electron chi connectivity index (χ3n) is 4.21. The quantitative estimate of drug-likeness (QED) is 0.628. The Bertz CT molecular complexity index is 942. The number of benzene rings is 2. The van der Waals surface area contributed by atoms with Gasteiger partial charge in [0.15, 0.2) is 0 Å². The van der Waals surface area contributed by atoms with Crippen molar-refractivity contribution in [1.29, 1.82) is 0 Å². The lowest BCUT2D eigenvalue weighted by atomic mass is 10.1. The second-order valence-electron chi connectivity index (χ2n) is 6.38. The van der Waals surface area contributed by atoms with Crippen LogP contribution in [0.2, 0.25) is 0 Å². The summed E-state index contributed by atoms with van der Waals surface area (Å²) in [6.45, 7) is 0.651. The Balaban J connectivity index is 1.50. The molecule has 0 fully saturated rings. The molecule has 3 aromatic rings. The number of alkyl halides is 3. The molecule has 1 aromatic heterocycles. The molecule has 0 saturated heterocycles. The monoisotopic (exact) mass is 400 g/mol. The lowest BCUT2D eigenvalue weighted by Crippen LogP contribution is -2.25. The predicted molar refractivity (Wildman–Crippen MR) is 102 cm³/mol.